The summed E-state index contributed by atoms with van der Waals surface area (Å²) < 4.78 is 21.1. The lowest BCUT2D eigenvalue weighted by molar-refractivity contribution is -0.123. The van der Waals surface area contributed by atoms with Crippen LogP contribution in [-0.2, 0) is 28.8 Å². The van der Waals surface area contributed by atoms with E-state index < -0.39 is 17.6 Å². The number of rotatable bonds is 19. The van der Waals surface area contributed by atoms with Gasteiger partial charge in [0.1, 0.15) is 11.3 Å². The Morgan fingerprint density at radius 2 is 1.15 bits per heavy atom. The van der Waals surface area contributed by atoms with Crippen molar-refractivity contribution in [3.05, 3.63) is 147 Å². The molecule has 3 amide bonds. The molecule has 1 aliphatic heterocycles. The highest BCUT2D eigenvalue weighted by Gasteiger charge is 2.45. The zero-order chi connectivity index (χ0) is 73.7. The van der Waals surface area contributed by atoms with E-state index in [2.05, 4.69) is 179 Å². The fourth-order valence-corrected chi connectivity index (χ4v) is 16.5. The van der Waals surface area contributed by atoms with Crippen LogP contribution in [0.1, 0.15) is 187 Å². The highest BCUT2D eigenvalue weighted by Crippen LogP contribution is 2.54. The summed E-state index contributed by atoms with van der Waals surface area (Å²) in [6.07, 6.45) is 11.4. The highest BCUT2D eigenvalue weighted by atomic mass is 16.6. The van der Waals surface area contributed by atoms with Crippen molar-refractivity contribution < 1.29 is 28.6 Å². The first-order valence-corrected chi connectivity index (χ1v) is 37.0. The smallest absolute Gasteiger partial charge is 0.402 e. The van der Waals surface area contributed by atoms with Crippen molar-refractivity contribution in [3.63, 3.8) is 0 Å². The molecular formula is C84H115N11O6. The van der Waals surface area contributed by atoms with Crippen LogP contribution in [0.5, 0.6) is 11.8 Å². The maximum atomic E-state index is 13.5. The summed E-state index contributed by atoms with van der Waals surface area (Å²) in [5.41, 5.74) is 13.1. The van der Waals surface area contributed by atoms with Crippen molar-refractivity contribution >= 4 is 46.5 Å². The minimum Gasteiger partial charge on any atom is -0.402 e. The number of aromatic nitrogens is 6. The fraction of sp³-hybridized carbons (Fsp3) is 0.560. The van der Waals surface area contributed by atoms with Gasteiger partial charge in [-0.05, 0) is 208 Å². The first-order chi connectivity index (χ1) is 47.6. The van der Waals surface area contributed by atoms with Crippen LogP contribution in [0.4, 0.5) is 26.7 Å². The molecule has 3 aromatic carbocycles. The molecule has 1 saturated heterocycles. The van der Waals surface area contributed by atoms with E-state index in [1.807, 2.05) is 45.9 Å². The first-order valence-electron chi connectivity index (χ1n) is 37.0. The van der Waals surface area contributed by atoms with E-state index in [9.17, 15) is 14.4 Å². The van der Waals surface area contributed by atoms with Crippen molar-refractivity contribution in [2.24, 2.45) is 75.4 Å². The summed E-state index contributed by atoms with van der Waals surface area (Å²) in [5.74, 6) is 6.66. The molecule has 7 aromatic rings. The Balaban J connectivity index is 0.000000235. The number of nitrogens with one attached hydrogen (secondary N) is 3. The second-order valence-electron chi connectivity index (χ2n) is 33.9. The zero-order valence-corrected chi connectivity index (χ0v) is 64.2. The number of benzene rings is 3. The Morgan fingerprint density at radius 1 is 0.663 bits per heavy atom. The van der Waals surface area contributed by atoms with Crippen LogP contribution >= 0.6 is 0 Å². The molecule has 5 heterocycles. The average molecular weight is 1370 g/mol. The van der Waals surface area contributed by atoms with Gasteiger partial charge in [0.25, 0.3) is 11.4 Å². The second kappa shape index (κ2) is 31.9. The van der Waals surface area contributed by atoms with Gasteiger partial charge in [-0.25, -0.2) is 38.3 Å². The standard InChI is InChI=1S/C43H57N5O3.C41H58N6O3/c1-26(2)19-34-21-28(4)22-37(43(7,8)9)35(34)25-36-38(44-10)41(51-42(49)47-15-17-50-18-16-47)48-40(36)45-39(46-48)32-14-13-31(30(6)23-32)24-33-20-27(3)11-12-29(33)5;1-14-18-46(19-15-2)39(49)50-37-34(42-13)31(24-30-29(20-25(3)4)21-26(5)22-32(30)40(7,8)9)36-44-35(45-47(36)37)28-16-17-33(27(6)23-28)43-38(48)41(10,11)12/h11-14,20,23,26,28,34-35,37H,15-19,21-22,24-25H2,1-9H3,(H,45,46);14-17,23,25-26,29-30,32H,1-2,18-22,24H2,3-12H3,(H,43,48)(H,44,45). The third-order valence-electron chi connectivity index (χ3n) is 21.6. The van der Waals surface area contributed by atoms with E-state index in [0.717, 1.165) is 72.0 Å². The molecule has 17 heteroatoms. The van der Waals surface area contributed by atoms with Gasteiger partial charge in [-0.2, -0.15) is 0 Å². The molecule has 8 unspecified atom stereocenters. The number of anilines is 1. The molecule has 0 spiro atoms. The van der Waals surface area contributed by atoms with Crippen LogP contribution < -0.4 is 14.8 Å². The molecular weight excluding hydrogens is 1260 g/mol. The van der Waals surface area contributed by atoms with Gasteiger partial charge in [0, 0.05) is 59.5 Å². The van der Waals surface area contributed by atoms with Crippen LogP contribution in [0.15, 0.2) is 79.9 Å². The number of morpholine rings is 1. The molecule has 0 bridgehead atoms. The number of aromatic amines is 2. The molecule has 2 aliphatic carbocycles. The molecule has 4 aromatic heterocycles. The number of aryl methyl sites for hydroxylation is 4. The summed E-state index contributed by atoms with van der Waals surface area (Å²) in [4.78, 5) is 61.3. The Hall–Kier alpha value is -8.41. The molecule has 101 heavy (non-hydrogen) atoms. The predicted octanol–water partition coefficient (Wildman–Crippen LogP) is 20.4. The van der Waals surface area contributed by atoms with Crippen LogP contribution in [0.25, 0.3) is 43.8 Å². The van der Waals surface area contributed by atoms with Gasteiger partial charge in [0.15, 0.2) is 11.6 Å². The summed E-state index contributed by atoms with van der Waals surface area (Å²) >= 11 is 0. The third kappa shape index (κ3) is 17.9. The number of fused-ring (bicyclic) bond motifs is 2. The van der Waals surface area contributed by atoms with Crippen LogP contribution in [0.2, 0.25) is 0 Å². The molecule has 3 N–H and O–H groups in total. The lowest BCUT2D eigenvalue weighted by Gasteiger charge is -2.48. The molecule has 8 atom stereocenters. The number of carbonyl (C=O) groups is 3. The second-order valence-corrected chi connectivity index (χ2v) is 33.9. The van der Waals surface area contributed by atoms with Gasteiger partial charge >= 0.3 is 12.2 Å². The number of amides is 3. The maximum absolute atomic E-state index is 13.5. The normalized spacial score (nSPS) is 20.5. The number of hydrogen-bond donors (Lipinski definition) is 3. The number of carbonyl (C=O) groups excluding carboxylic acids is 3. The summed E-state index contributed by atoms with van der Waals surface area (Å²) in [6.45, 7) is 68.9. The molecule has 3 fully saturated rings. The van der Waals surface area contributed by atoms with Crippen LogP contribution in [0, 0.1) is 116 Å². The van der Waals surface area contributed by atoms with Crippen molar-refractivity contribution in [3.8, 4) is 34.5 Å². The lowest BCUT2D eigenvalue weighted by Crippen LogP contribution is -2.42. The largest absolute Gasteiger partial charge is 0.416 e. The summed E-state index contributed by atoms with van der Waals surface area (Å²) in [6, 6.07) is 18.9. The van der Waals surface area contributed by atoms with E-state index >= 15 is 0 Å². The molecule has 17 nitrogen and oxygen atoms in total. The molecule has 2 saturated carbocycles. The predicted molar refractivity (Wildman–Crippen MR) is 408 cm³/mol. The Bertz CT molecular complexity index is 4200. The van der Waals surface area contributed by atoms with Crippen molar-refractivity contribution in [2.75, 3.05) is 44.7 Å². The summed E-state index contributed by atoms with van der Waals surface area (Å²) in [5, 5.41) is 9.87. The molecule has 10 rings (SSSR count). The van der Waals surface area contributed by atoms with Gasteiger partial charge in [-0.3, -0.25) is 15.0 Å². The first kappa shape index (κ1) is 76.8. The van der Waals surface area contributed by atoms with Crippen LogP contribution in [0.3, 0.4) is 0 Å². The fourth-order valence-electron chi connectivity index (χ4n) is 16.5. The highest BCUT2D eigenvalue weighted by molar-refractivity contribution is 5.95. The van der Waals surface area contributed by atoms with Crippen molar-refractivity contribution in [1.29, 1.82) is 0 Å². The Morgan fingerprint density at radius 3 is 1.59 bits per heavy atom. The topological polar surface area (TPSA) is 172 Å². The van der Waals surface area contributed by atoms with Gasteiger partial charge in [0.2, 0.25) is 17.7 Å². The van der Waals surface area contributed by atoms with Gasteiger partial charge in [-0.1, -0.05) is 152 Å². The van der Waals surface area contributed by atoms with E-state index in [4.69, 9.17) is 37.3 Å². The van der Waals surface area contributed by atoms with Crippen LogP contribution in [-0.4, -0.2) is 96.5 Å². The lowest BCUT2D eigenvalue weighted by atomic mass is 9.57. The van der Waals surface area contributed by atoms with Gasteiger partial charge < -0.3 is 29.3 Å². The van der Waals surface area contributed by atoms with Crippen molar-refractivity contribution in [1.82, 2.24) is 39.0 Å². The average Bonchev–Trinajstić information content (AvgIpc) is 1.60. The van der Waals surface area contributed by atoms with E-state index in [1.165, 1.54) is 45.6 Å². The molecule has 542 valence electrons. The monoisotopic (exact) mass is 1370 g/mol. The minimum absolute atomic E-state index is 0.0632. The third-order valence-corrected chi connectivity index (χ3v) is 21.6. The van der Waals surface area contributed by atoms with E-state index in [-0.39, 0.29) is 41.6 Å². The van der Waals surface area contributed by atoms with E-state index in [0.29, 0.717) is 126 Å². The van der Waals surface area contributed by atoms with Crippen molar-refractivity contribution in [2.45, 2.75) is 189 Å². The maximum Gasteiger partial charge on any atom is 0.416 e. The quantitative estimate of drug-likeness (QED) is 0.0530. The number of hydrogen-bond acceptors (Lipinski definition) is 8. The van der Waals surface area contributed by atoms with Gasteiger partial charge in [-0.15, -0.1) is 13.2 Å². The zero-order valence-electron chi connectivity index (χ0n) is 64.2. The summed E-state index contributed by atoms with van der Waals surface area (Å²) in [7, 11) is 0. The number of nitrogens with zero attached hydrogens (tertiary/aromatic N) is 8. The van der Waals surface area contributed by atoms with E-state index in [1.54, 1.807) is 26.1 Å². The Labute approximate surface area is 602 Å². The number of H-pyrrole nitrogens is 2. The minimum atomic E-state index is -0.594. The number of ether oxygens (including phenoxy) is 3. The molecule has 0 radical (unpaired) electrons. The van der Waals surface area contributed by atoms with Gasteiger partial charge in [0.05, 0.1) is 26.4 Å². The molecule has 3 aliphatic rings. The SMILES string of the molecule is [C-]#[N+]c1c(CC2C(CC(C)C)CC(C)CC2C(C)(C)C)c2nc(-c3ccc(Cc4cc(C)ccc4C)c(C)c3)[nH]n2c1OC(=O)N1CCOCC1.[C-]#[N+]c1c(CC2C(CC(C)C)CC(C)CC2C(C)(C)C)c2nc(-c3ccc(NC(=O)C(C)(C)C)c(C)c3)[nH]n2c1OC(=O)N(CC=C)CC=C. The Kier molecular flexibility index (Phi) is 24.2.